The summed E-state index contributed by atoms with van der Waals surface area (Å²) in [5.74, 6) is 2.81. The van der Waals surface area contributed by atoms with Gasteiger partial charge in [-0.25, -0.2) is 0 Å². The molecule has 6 heteroatoms. The fourth-order valence-electron chi connectivity index (χ4n) is 3.97. The maximum atomic E-state index is 13.0. The molecule has 0 spiro atoms. The summed E-state index contributed by atoms with van der Waals surface area (Å²) < 4.78 is 11.6. The van der Waals surface area contributed by atoms with Crippen molar-refractivity contribution in [2.45, 2.75) is 20.0 Å². The van der Waals surface area contributed by atoms with Gasteiger partial charge in [0.2, 0.25) is 0 Å². The number of ether oxygens (including phenoxy) is 2. The molecule has 0 aliphatic carbocycles. The molecule has 1 amide bonds. The molecule has 6 nitrogen and oxygen atoms in total. The molecule has 0 radical (unpaired) electrons. The van der Waals surface area contributed by atoms with Crippen molar-refractivity contribution in [1.29, 1.82) is 0 Å². The summed E-state index contributed by atoms with van der Waals surface area (Å²) >= 11 is 0. The molecule has 0 atom stereocenters. The van der Waals surface area contributed by atoms with Gasteiger partial charge in [-0.3, -0.25) is 9.69 Å². The number of para-hydroxylation sites is 1. The lowest BCUT2D eigenvalue weighted by molar-refractivity contribution is 0.102. The predicted octanol–water partition coefficient (Wildman–Crippen LogP) is 7.53. The van der Waals surface area contributed by atoms with Gasteiger partial charge in [-0.05, 0) is 92.7 Å². The topological polar surface area (TPSA) is 66.6 Å². The van der Waals surface area contributed by atoms with E-state index >= 15 is 0 Å². The number of allylic oxidation sites excluding steroid dienone is 1. The summed E-state index contributed by atoms with van der Waals surface area (Å²) in [5, 5.41) is 2.94. The number of fused-ring (bicyclic) bond motifs is 1. The van der Waals surface area contributed by atoms with Crippen molar-refractivity contribution in [3.05, 3.63) is 115 Å². The van der Waals surface area contributed by atoms with Crippen LogP contribution >= 0.6 is 0 Å². The molecule has 1 aliphatic heterocycles. The molecule has 2 heterocycles. The summed E-state index contributed by atoms with van der Waals surface area (Å²) in [6, 6.07) is 26.5. The van der Waals surface area contributed by atoms with E-state index in [1.54, 1.807) is 0 Å². The fourth-order valence-corrected chi connectivity index (χ4v) is 3.97. The molecule has 1 aromatic heterocycles. The number of H-pyrrole nitrogens is 1. The standard InChI is InChI=1S/C30H27N3O3/c1-20(2)35-26-17-13-24(14-18-26)33-21(3)9-10-22-19-28(32-29(22)33)30(34)31-23-11-15-27(16-12-23)36-25-7-5-4-6-8-25/h4-20,32H,3H2,1-2H3,(H,31,34). The Balaban J connectivity index is 1.31. The van der Waals surface area contributed by atoms with Crippen molar-refractivity contribution >= 4 is 29.2 Å². The molecule has 36 heavy (non-hydrogen) atoms. The van der Waals surface area contributed by atoms with Gasteiger partial charge in [0.1, 0.15) is 28.8 Å². The fraction of sp³-hybridized carbons (Fsp3) is 0.100. The summed E-state index contributed by atoms with van der Waals surface area (Å²) in [6.07, 6.45) is 3.99. The predicted molar refractivity (Wildman–Crippen MR) is 144 cm³/mol. The lowest BCUT2D eigenvalue weighted by atomic mass is 10.1. The van der Waals surface area contributed by atoms with Crippen molar-refractivity contribution < 1.29 is 14.3 Å². The Morgan fingerprint density at radius 2 is 1.56 bits per heavy atom. The van der Waals surface area contributed by atoms with E-state index < -0.39 is 0 Å². The van der Waals surface area contributed by atoms with Crippen molar-refractivity contribution in [3.63, 3.8) is 0 Å². The number of nitrogens with one attached hydrogen (secondary N) is 2. The Labute approximate surface area is 210 Å². The molecule has 4 aromatic rings. The van der Waals surface area contributed by atoms with E-state index in [4.69, 9.17) is 9.47 Å². The van der Waals surface area contributed by atoms with Crippen molar-refractivity contribution in [2.75, 3.05) is 10.2 Å². The van der Waals surface area contributed by atoms with E-state index in [-0.39, 0.29) is 12.0 Å². The highest BCUT2D eigenvalue weighted by Gasteiger charge is 2.23. The third-order valence-corrected chi connectivity index (χ3v) is 5.59. The number of carbonyl (C=O) groups excluding carboxylic acids is 1. The highest BCUT2D eigenvalue weighted by atomic mass is 16.5. The maximum Gasteiger partial charge on any atom is 0.272 e. The SMILES string of the molecule is C=C1C=Cc2cc(C(=O)Nc3ccc(Oc4ccccc4)cc3)[nH]c2N1c1ccc(OC(C)C)cc1. The molecule has 0 unspecified atom stereocenters. The van der Waals surface area contributed by atoms with Gasteiger partial charge in [-0.1, -0.05) is 24.8 Å². The number of nitrogens with zero attached hydrogens (tertiary/aromatic N) is 1. The van der Waals surface area contributed by atoms with Crippen LogP contribution < -0.4 is 19.7 Å². The maximum absolute atomic E-state index is 13.0. The number of aromatic nitrogens is 1. The Hall–Kier alpha value is -4.71. The van der Waals surface area contributed by atoms with Crippen LogP contribution in [-0.4, -0.2) is 17.0 Å². The number of hydrogen-bond acceptors (Lipinski definition) is 4. The number of carbonyl (C=O) groups is 1. The van der Waals surface area contributed by atoms with Crippen LogP contribution in [0.2, 0.25) is 0 Å². The summed E-state index contributed by atoms with van der Waals surface area (Å²) in [5.41, 5.74) is 3.74. The minimum atomic E-state index is -0.235. The van der Waals surface area contributed by atoms with Crippen LogP contribution in [0.15, 0.2) is 103 Å². The normalized spacial score (nSPS) is 12.4. The molecule has 3 aromatic carbocycles. The average Bonchev–Trinajstić information content (AvgIpc) is 3.31. The average molecular weight is 478 g/mol. The van der Waals surface area contributed by atoms with E-state index in [1.165, 1.54) is 0 Å². The van der Waals surface area contributed by atoms with E-state index in [1.807, 2.05) is 116 Å². The smallest absolute Gasteiger partial charge is 0.272 e. The monoisotopic (exact) mass is 477 g/mol. The molecule has 1 aliphatic rings. The molecule has 0 bridgehead atoms. The number of hydrogen-bond donors (Lipinski definition) is 2. The molecular weight excluding hydrogens is 450 g/mol. The first-order valence-corrected chi connectivity index (χ1v) is 11.8. The van der Waals surface area contributed by atoms with E-state index in [0.29, 0.717) is 17.1 Å². The Morgan fingerprint density at radius 3 is 2.25 bits per heavy atom. The van der Waals surface area contributed by atoms with Crippen LogP contribution in [0.25, 0.3) is 6.08 Å². The zero-order valence-electron chi connectivity index (χ0n) is 20.2. The molecule has 0 fully saturated rings. The van der Waals surface area contributed by atoms with E-state index in [0.717, 1.165) is 34.3 Å². The van der Waals surface area contributed by atoms with E-state index in [2.05, 4.69) is 16.9 Å². The molecular formula is C30H27N3O3. The number of amides is 1. The van der Waals surface area contributed by atoms with Crippen molar-refractivity contribution in [3.8, 4) is 17.2 Å². The summed E-state index contributed by atoms with van der Waals surface area (Å²) in [7, 11) is 0. The molecule has 2 N–H and O–H groups in total. The number of aromatic amines is 1. The number of anilines is 3. The van der Waals surface area contributed by atoms with Gasteiger partial charge in [0.15, 0.2) is 0 Å². The van der Waals surface area contributed by atoms with Gasteiger partial charge in [0.05, 0.1) is 6.10 Å². The van der Waals surface area contributed by atoms with Gasteiger partial charge in [-0.2, -0.15) is 0 Å². The second kappa shape index (κ2) is 9.88. The first kappa shape index (κ1) is 23.1. The first-order valence-electron chi connectivity index (χ1n) is 11.8. The largest absolute Gasteiger partial charge is 0.491 e. The van der Waals surface area contributed by atoms with Gasteiger partial charge >= 0.3 is 0 Å². The third-order valence-electron chi connectivity index (χ3n) is 5.59. The molecule has 180 valence electrons. The first-order chi connectivity index (χ1) is 17.5. The molecule has 5 rings (SSSR count). The highest BCUT2D eigenvalue weighted by molar-refractivity contribution is 6.04. The van der Waals surface area contributed by atoms with Crippen LogP contribution in [0, 0.1) is 0 Å². The Morgan fingerprint density at radius 1 is 0.889 bits per heavy atom. The van der Waals surface area contributed by atoms with Crippen molar-refractivity contribution in [2.24, 2.45) is 0 Å². The minimum Gasteiger partial charge on any atom is -0.491 e. The van der Waals surface area contributed by atoms with Gasteiger partial charge < -0.3 is 19.8 Å². The van der Waals surface area contributed by atoms with Crippen LogP contribution in [0.1, 0.15) is 29.9 Å². The Bertz CT molecular complexity index is 1400. The van der Waals surface area contributed by atoms with E-state index in [9.17, 15) is 4.79 Å². The van der Waals surface area contributed by atoms with Crippen LogP contribution in [-0.2, 0) is 0 Å². The quantitative estimate of drug-likeness (QED) is 0.289. The van der Waals surface area contributed by atoms with Crippen LogP contribution in [0.3, 0.4) is 0 Å². The number of rotatable bonds is 7. The second-order valence-electron chi connectivity index (χ2n) is 8.70. The third kappa shape index (κ3) is 5.03. The van der Waals surface area contributed by atoms with Crippen LogP contribution in [0.5, 0.6) is 17.2 Å². The highest BCUT2D eigenvalue weighted by Crippen LogP contribution is 2.37. The molecule has 0 saturated carbocycles. The van der Waals surface area contributed by atoms with Gasteiger partial charge in [0.25, 0.3) is 5.91 Å². The summed E-state index contributed by atoms with van der Waals surface area (Å²) in [6.45, 7) is 8.17. The second-order valence-corrected chi connectivity index (χ2v) is 8.70. The van der Waals surface area contributed by atoms with Gasteiger partial charge in [0, 0.05) is 22.6 Å². The summed E-state index contributed by atoms with van der Waals surface area (Å²) in [4.78, 5) is 18.3. The molecule has 0 saturated heterocycles. The van der Waals surface area contributed by atoms with Crippen molar-refractivity contribution in [1.82, 2.24) is 4.98 Å². The zero-order valence-corrected chi connectivity index (χ0v) is 20.2. The lowest BCUT2D eigenvalue weighted by Gasteiger charge is -2.27. The zero-order chi connectivity index (χ0) is 25.1. The van der Waals surface area contributed by atoms with Crippen LogP contribution in [0.4, 0.5) is 17.2 Å². The minimum absolute atomic E-state index is 0.104. The Kier molecular flexibility index (Phi) is 6.33. The van der Waals surface area contributed by atoms with Gasteiger partial charge in [-0.15, -0.1) is 0 Å². The number of benzene rings is 3. The lowest BCUT2D eigenvalue weighted by Crippen LogP contribution is -2.18.